The van der Waals surface area contributed by atoms with Crippen molar-refractivity contribution >= 4 is 5.91 Å². The summed E-state index contributed by atoms with van der Waals surface area (Å²) in [6, 6.07) is 5.75. The SMILES string of the molecule is Cc1ccc(CNC(=O)[C@H]2NCCO[C@@H]2C)c(OC2CCOC2)c1. The minimum Gasteiger partial charge on any atom is -0.488 e. The molecule has 2 saturated heterocycles. The lowest BCUT2D eigenvalue weighted by molar-refractivity contribution is -0.129. The Morgan fingerprint density at radius 3 is 3.04 bits per heavy atom. The molecule has 0 radical (unpaired) electrons. The largest absolute Gasteiger partial charge is 0.488 e. The van der Waals surface area contributed by atoms with Crippen LogP contribution in [0.2, 0.25) is 0 Å². The summed E-state index contributed by atoms with van der Waals surface area (Å²) in [5.74, 6) is 0.782. The smallest absolute Gasteiger partial charge is 0.240 e. The molecule has 2 heterocycles. The Bertz CT molecular complexity index is 572. The van der Waals surface area contributed by atoms with Crippen LogP contribution in [0.25, 0.3) is 0 Å². The second-order valence-electron chi connectivity index (χ2n) is 6.44. The lowest BCUT2D eigenvalue weighted by atomic mass is 10.1. The molecule has 6 heteroatoms. The summed E-state index contributed by atoms with van der Waals surface area (Å²) in [4.78, 5) is 12.4. The predicted octanol–water partition coefficient (Wildman–Crippen LogP) is 1.16. The Morgan fingerprint density at radius 1 is 1.42 bits per heavy atom. The summed E-state index contributed by atoms with van der Waals surface area (Å²) in [7, 11) is 0. The van der Waals surface area contributed by atoms with Crippen LogP contribution in [0.1, 0.15) is 24.5 Å². The normalized spacial score (nSPS) is 27.0. The topological polar surface area (TPSA) is 68.8 Å². The number of hydrogen-bond donors (Lipinski definition) is 2. The van der Waals surface area contributed by atoms with Gasteiger partial charge in [0.25, 0.3) is 0 Å². The maximum absolute atomic E-state index is 12.4. The van der Waals surface area contributed by atoms with Crippen LogP contribution < -0.4 is 15.4 Å². The molecule has 3 atom stereocenters. The third-order valence-corrected chi connectivity index (χ3v) is 4.46. The summed E-state index contributed by atoms with van der Waals surface area (Å²) >= 11 is 0. The number of nitrogens with one attached hydrogen (secondary N) is 2. The van der Waals surface area contributed by atoms with E-state index >= 15 is 0 Å². The second kappa shape index (κ2) is 7.96. The first-order chi connectivity index (χ1) is 11.6. The molecule has 0 aliphatic carbocycles. The highest BCUT2D eigenvalue weighted by atomic mass is 16.5. The molecule has 2 fully saturated rings. The fraction of sp³-hybridized carbons (Fsp3) is 0.611. The molecule has 1 unspecified atom stereocenters. The van der Waals surface area contributed by atoms with Gasteiger partial charge < -0.3 is 24.8 Å². The van der Waals surface area contributed by atoms with E-state index in [2.05, 4.69) is 10.6 Å². The Hall–Kier alpha value is -1.63. The molecule has 1 amide bonds. The molecule has 2 aliphatic heterocycles. The van der Waals surface area contributed by atoms with E-state index in [1.807, 2.05) is 32.0 Å². The molecular weight excluding hydrogens is 308 g/mol. The van der Waals surface area contributed by atoms with Crippen LogP contribution in [-0.2, 0) is 20.8 Å². The number of morpholine rings is 1. The maximum atomic E-state index is 12.4. The molecule has 0 aromatic heterocycles. The first kappa shape index (κ1) is 17.2. The van der Waals surface area contributed by atoms with Crippen molar-refractivity contribution in [3.8, 4) is 5.75 Å². The number of ether oxygens (including phenoxy) is 3. The molecular formula is C18H26N2O4. The van der Waals surface area contributed by atoms with Crippen molar-refractivity contribution in [3.05, 3.63) is 29.3 Å². The zero-order valence-corrected chi connectivity index (χ0v) is 14.3. The number of carbonyl (C=O) groups excluding carboxylic acids is 1. The number of carbonyl (C=O) groups is 1. The van der Waals surface area contributed by atoms with Crippen molar-refractivity contribution in [1.82, 2.24) is 10.6 Å². The molecule has 0 saturated carbocycles. The Kier molecular flexibility index (Phi) is 5.71. The van der Waals surface area contributed by atoms with Gasteiger partial charge in [-0.05, 0) is 25.5 Å². The van der Waals surface area contributed by atoms with Crippen molar-refractivity contribution in [2.75, 3.05) is 26.4 Å². The van der Waals surface area contributed by atoms with E-state index in [1.54, 1.807) is 0 Å². The van der Waals surface area contributed by atoms with Gasteiger partial charge in [-0.1, -0.05) is 12.1 Å². The molecule has 2 aliphatic rings. The van der Waals surface area contributed by atoms with Gasteiger partial charge in [-0.3, -0.25) is 4.79 Å². The fourth-order valence-electron chi connectivity index (χ4n) is 3.02. The quantitative estimate of drug-likeness (QED) is 0.846. The minimum absolute atomic E-state index is 0.0436. The Labute approximate surface area is 142 Å². The number of rotatable bonds is 5. The number of amides is 1. The first-order valence-corrected chi connectivity index (χ1v) is 8.60. The van der Waals surface area contributed by atoms with Crippen LogP contribution >= 0.6 is 0 Å². The summed E-state index contributed by atoms with van der Waals surface area (Å²) in [5, 5.41) is 6.19. The van der Waals surface area contributed by atoms with Gasteiger partial charge >= 0.3 is 0 Å². The van der Waals surface area contributed by atoms with Gasteiger partial charge in [0.2, 0.25) is 5.91 Å². The van der Waals surface area contributed by atoms with Crippen molar-refractivity contribution in [2.45, 2.75) is 45.1 Å². The average Bonchev–Trinajstić information content (AvgIpc) is 3.07. The number of aryl methyl sites for hydroxylation is 1. The van der Waals surface area contributed by atoms with Gasteiger partial charge in [0, 0.05) is 25.1 Å². The Morgan fingerprint density at radius 2 is 2.29 bits per heavy atom. The van der Waals surface area contributed by atoms with Gasteiger partial charge in [0.05, 0.1) is 25.9 Å². The second-order valence-corrected chi connectivity index (χ2v) is 6.44. The predicted molar refractivity (Wildman–Crippen MR) is 90.1 cm³/mol. The fourth-order valence-corrected chi connectivity index (χ4v) is 3.02. The number of hydrogen-bond acceptors (Lipinski definition) is 5. The van der Waals surface area contributed by atoms with E-state index in [0.29, 0.717) is 26.3 Å². The molecule has 1 aromatic rings. The molecule has 132 valence electrons. The van der Waals surface area contributed by atoms with Crippen LogP contribution in [0, 0.1) is 6.92 Å². The van der Waals surface area contributed by atoms with Crippen molar-refractivity contribution in [1.29, 1.82) is 0 Å². The molecule has 24 heavy (non-hydrogen) atoms. The van der Waals surface area contributed by atoms with Crippen molar-refractivity contribution in [2.24, 2.45) is 0 Å². The van der Waals surface area contributed by atoms with Crippen LogP contribution in [0.15, 0.2) is 18.2 Å². The highest BCUT2D eigenvalue weighted by molar-refractivity contribution is 5.82. The molecule has 0 bridgehead atoms. The van der Waals surface area contributed by atoms with Gasteiger partial charge in [0.1, 0.15) is 17.9 Å². The van der Waals surface area contributed by atoms with Crippen LogP contribution in [-0.4, -0.2) is 50.5 Å². The van der Waals surface area contributed by atoms with E-state index in [-0.39, 0.29) is 24.2 Å². The Balaban J connectivity index is 1.62. The van der Waals surface area contributed by atoms with Crippen LogP contribution in [0.5, 0.6) is 5.75 Å². The highest BCUT2D eigenvalue weighted by Crippen LogP contribution is 2.24. The first-order valence-electron chi connectivity index (χ1n) is 8.60. The minimum atomic E-state index is -0.309. The molecule has 3 rings (SSSR count). The molecule has 6 nitrogen and oxygen atoms in total. The molecule has 0 spiro atoms. The zero-order chi connectivity index (χ0) is 16.9. The summed E-state index contributed by atoms with van der Waals surface area (Å²) in [5.41, 5.74) is 2.11. The maximum Gasteiger partial charge on any atom is 0.240 e. The molecule has 2 N–H and O–H groups in total. The standard InChI is InChI=1S/C18H26N2O4/c1-12-3-4-14(16(9-12)24-15-5-7-22-11-15)10-20-18(21)17-13(2)23-8-6-19-17/h3-4,9,13,15,17,19H,5-8,10-11H2,1-2H3,(H,20,21)/t13-,15?,17+/m1/s1. The summed E-state index contributed by atoms with van der Waals surface area (Å²) in [6.45, 7) is 7.09. The van der Waals surface area contributed by atoms with Crippen LogP contribution in [0.4, 0.5) is 0 Å². The summed E-state index contributed by atoms with van der Waals surface area (Å²) in [6.07, 6.45) is 0.874. The van der Waals surface area contributed by atoms with Gasteiger partial charge in [-0.15, -0.1) is 0 Å². The van der Waals surface area contributed by atoms with Gasteiger partial charge in [-0.2, -0.15) is 0 Å². The van der Waals surface area contributed by atoms with Crippen LogP contribution in [0.3, 0.4) is 0 Å². The van der Waals surface area contributed by atoms with E-state index in [1.165, 1.54) is 0 Å². The highest BCUT2D eigenvalue weighted by Gasteiger charge is 2.28. The van der Waals surface area contributed by atoms with E-state index < -0.39 is 0 Å². The third-order valence-electron chi connectivity index (χ3n) is 4.46. The van der Waals surface area contributed by atoms with E-state index in [0.717, 1.165) is 29.9 Å². The van der Waals surface area contributed by atoms with Gasteiger partial charge in [0.15, 0.2) is 0 Å². The van der Waals surface area contributed by atoms with Crippen molar-refractivity contribution < 1.29 is 19.0 Å². The van der Waals surface area contributed by atoms with Crippen molar-refractivity contribution in [3.63, 3.8) is 0 Å². The third kappa shape index (κ3) is 4.26. The molecule has 1 aromatic carbocycles. The van der Waals surface area contributed by atoms with E-state index in [9.17, 15) is 4.79 Å². The average molecular weight is 334 g/mol. The zero-order valence-electron chi connectivity index (χ0n) is 14.3. The monoisotopic (exact) mass is 334 g/mol. The van der Waals surface area contributed by atoms with E-state index in [4.69, 9.17) is 14.2 Å². The summed E-state index contributed by atoms with van der Waals surface area (Å²) < 4.78 is 17.0. The lowest BCUT2D eigenvalue weighted by Gasteiger charge is -2.29. The van der Waals surface area contributed by atoms with Gasteiger partial charge in [-0.25, -0.2) is 0 Å². The lowest BCUT2D eigenvalue weighted by Crippen LogP contribution is -2.55. The number of benzene rings is 1.